The summed E-state index contributed by atoms with van der Waals surface area (Å²) < 4.78 is 24.4. The number of hydrogen-bond acceptors (Lipinski definition) is 2. The summed E-state index contributed by atoms with van der Waals surface area (Å²) in [6, 6.07) is 9.36. The summed E-state index contributed by atoms with van der Waals surface area (Å²) in [4.78, 5) is 0. The van der Waals surface area contributed by atoms with E-state index in [1.54, 1.807) is 0 Å². The Morgan fingerprint density at radius 3 is 2.17 bits per heavy atom. The summed E-state index contributed by atoms with van der Waals surface area (Å²) in [5.74, 6) is 0.496. The molecule has 1 aromatic rings. The molecule has 18 heavy (non-hydrogen) atoms. The Kier molecular flexibility index (Phi) is 5.41. The van der Waals surface area contributed by atoms with E-state index < -0.39 is 9.84 Å². The molecule has 0 bridgehead atoms. The molecule has 0 aliphatic heterocycles. The van der Waals surface area contributed by atoms with Crippen molar-refractivity contribution in [1.29, 1.82) is 0 Å². The van der Waals surface area contributed by atoms with Crippen LogP contribution in [0.1, 0.15) is 26.3 Å². The first-order valence-corrected chi connectivity index (χ1v) is 8.99. The third-order valence-corrected chi connectivity index (χ3v) is 5.56. The third-order valence-electron chi connectivity index (χ3n) is 3.10. The highest BCUT2D eigenvalue weighted by molar-refractivity contribution is 9.09. The molecule has 1 atom stereocenters. The number of hydrogen-bond donors (Lipinski definition) is 0. The summed E-state index contributed by atoms with van der Waals surface area (Å²) in [6.45, 7) is 6.24. The van der Waals surface area contributed by atoms with Gasteiger partial charge in [-0.2, -0.15) is 0 Å². The largest absolute Gasteiger partial charge is 0.228 e. The fourth-order valence-corrected chi connectivity index (χ4v) is 5.27. The lowest BCUT2D eigenvalue weighted by atomic mass is 9.83. The van der Waals surface area contributed by atoms with Crippen molar-refractivity contribution in [2.45, 2.75) is 26.5 Å². The van der Waals surface area contributed by atoms with Crippen LogP contribution in [0, 0.1) is 11.3 Å². The van der Waals surface area contributed by atoms with Gasteiger partial charge >= 0.3 is 0 Å². The van der Waals surface area contributed by atoms with Gasteiger partial charge in [0.25, 0.3) is 0 Å². The molecule has 1 rings (SSSR count). The normalized spacial score (nSPS) is 14.4. The van der Waals surface area contributed by atoms with Gasteiger partial charge in [-0.05, 0) is 16.9 Å². The van der Waals surface area contributed by atoms with Gasteiger partial charge in [-0.3, -0.25) is 0 Å². The van der Waals surface area contributed by atoms with E-state index in [0.29, 0.717) is 5.33 Å². The van der Waals surface area contributed by atoms with Crippen molar-refractivity contribution in [3.05, 3.63) is 35.9 Å². The van der Waals surface area contributed by atoms with Crippen molar-refractivity contribution < 1.29 is 8.42 Å². The van der Waals surface area contributed by atoms with Crippen LogP contribution in [0.4, 0.5) is 0 Å². The predicted molar refractivity (Wildman–Crippen MR) is 80.7 cm³/mol. The topological polar surface area (TPSA) is 34.1 Å². The molecule has 0 aliphatic carbocycles. The van der Waals surface area contributed by atoms with Gasteiger partial charge in [0.1, 0.15) is 0 Å². The Morgan fingerprint density at radius 2 is 1.72 bits per heavy atom. The molecule has 2 nitrogen and oxygen atoms in total. The average molecular weight is 333 g/mol. The van der Waals surface area contributed by atoms with Crippen LogP contribution in [0.2, 0.25) is 0 Å². The highest BCUT2D eigenvalue weighted by Gasteiger charge is 2.28. The monoisotopic (exact) mass is 332 g/mol. The lowest BCUT2D eigenvalue weighted by Gasteiger charge is -2.28. The molecule has 0 fully saturated rings. The van der Waals surface area contributed by atoms with E-state index in [2.05, 4.69) is 36.7 Å². The number of alkyl halides is 1. The van der Waals surface area contributed by atoms with Crippen LogP contribution < -0.4 is 0 Å². The SMILES string of the molecule is CC(C)(C)C(CBr)CS(=O)(=O)Cc1ccccc1. The van der Waals surface area contributed by atoms with Crippen LogP contribution in [-0.4, -0.2) is 19.5 Å². The van der Waals surface area contributed by atoms with Crippen molar-refractivity contribution in [1.82, 2.24) is 0 Å². The van der Waals surface area contributed by atoms with Crippen molar-refractivity contribution in [2.75, 3.05) is 11.1 Å². The van der Waals surface area contributed by atoms with Crippen LogP contribution in [0.15, 0.2) is 30.3 Å². The predicted octanol–water partition coefficient (Wildman–Crippen LogP) is 3.66. The summed E-state index contributed by atoms with van der Waals surface area (Å²) in [5, 5.41) is 0.713. The molecule has 0 spiro atoms. The second-order valence-electron chi connectivity index (χ2n) is 5.76. The second-order valence-corrected chi connectivity index (χ2v) is 8.51. The minimum Gasteiger partial charge on any atom is -0.228 e. The van der Waals surface area contributed by atoms with Crippen molar-refractivity contribution in [2.24, 2.45) is 11.3 Å². The van der Waals surface area contributed by atoms with Crippen LogP contribution >= 0.6 is 15.9 Å². The van der Waals surface area contributed by atoms with Gasteiger partial charge in [0.2, 0.25) is 0 Å². The minimum absolute atomic E-state index is 0.00669. The Balaban J connectivity index is 2.76. The first kappa shape index (κ1) is 15.7. The molecule has 0 radical (unpaired) electrons. The first-order chi connectivity index (χ1) is 8.24. The standard InChI is InChI=1S/C14H21BrO2S/c1-14(2,3)13(9-15)11-18(16,17)10-12-7-5-4-6-8-12/h4-8,13H,9-11H2,1-3H3. The van der Waals surface area contributed by atoms with E-state index in [1.807, 2.05) is 30.3 Å². The van der Waals surface area contributed by atoms with Crippen LogP contribution in [0.3, 0.4) is 0 Å². The maximum Gasteiger partial charge on any atom is 0.154 e. The zero-order valence-corrected chi connectivity index (χ0v) is 13.6. The fraction of sp³-hybridized carbons (Fsp3) is 0.571. The zero-order chi connectivity index (χ0) is 13.8. The molecular formula is C14H21BrO2S. The lowest BCUT2D eigenvalue weighted by molar-refractivity contribution is 0.291. The second kappa shape index (κ2) is 6.20. The first-order valence-electron chi connectivity index (χ1n) is 6.05. The van der Waals surface area contributed by atoms with Gasteiger partial charge in [0.05, 0.1) is 11.5 Å². The molecule has 1 aromatic carbocycles. The highest BCUT2D eigenvalue weighted by atomic mass is 79.9. The number of halogens is 1. The van der Waals surface area contributed by atoms with Gasteiger partial charge in [-0.15, -0.1) is 0 Å². The van der Waals surface area contributed by atoms with Gasteiger partial charge in [-0.1, -0.05) is 67.0 Å². The van der Waals surface area contributed by atoms with Crippen molar-refractivity contribution in [3.63, 3.8) is 0 Å². The Labute approximate surface area is 119 Å². The summed E-state index contributed by atoms with van der Waals surface area (Å²) in [5.41, 5.74) is 0.854. The van der Waals surface area contributed by atoms with E-state index in [9.17, 15) is 8.42 Å². The van der Waals surface area contributed by atoms with Crippen molar-refractivity contribution >= 4 is 25.8 Å². The molecular weight excluding hydrogens is 312 g/mol. The Morgan fingerprint density at radius 1 is 1.17 bits per heavy atom. The molecule has 0 saturated heterocycles. The average Bonchev–Trinajstić information content (AvgIpc) is 2.25. The van der Waals surface area contributed by atoms with Gasteiger partial charge in [-0.25, -0.2) is 8.42 Å². The van der Waals surface area contributed by atoms with E-state index in [0.717, 1.165) is 5.56 Å². The van der Waals surface area contributed by atoms with E-state index in [4.69, 9.17) is 0 Å². The van der Waals surface area contributed by atoms with Crippen LogP contribution in [-0.2, 0) is 15.6 Å². The molecule has 0 heterocycles. The summed E-state index contributed by atoms with van der Waals surface area (Å²) >= 11 is 3.43. The lowest BCUT2D eigenvalue weighted by Crippen LogP contribution is -2.30. The van der Waals surface area contributed by atoms with E-state index in [1.165, 1.54) is 0 Å². The number of sulfone groups is 1. The molecule has 0 aliphatic rings. The molecule has 0 saturated carbocycles. The minimum atomic E-state index is -3.06. The molecule has 4 heteroatoms. The zero-order valence-electron chi connectivity index (χ0n) is 11.2. The Bertz CT molecular complexity index is 460. The molecule has 102 valence electrons. The van der Waals surface area contributed by atoms with E-state index >= 15 is 0 Å². The van der Waals surface area contributed by atoms with E-state index in [-0.39, 0.29) is 22.8 Å². The smallest absolute Gasteiger partial charge is 0.154 e. The van der Waals surface area contributed by atoms with Gasteiger partial charge < -0.3 is 0 Å². The van der Waals surface area contributed by atoms with Crippen molar-refractivity contribution in [3.8, 4) is 0 Å². The van der Waals surface area contributed by atoms with Crippen LogP contribution in [0.25, 0.3) is 0 Å². The summed E-state index contributed by atoms with van der Waals surface area (Å²) in [7, 11) is -3.06. The van der Waals surface area contributed by atoms with Gasteiger partial charge in [0, 0.05) is 5.33 Å². The fourth-order valence-electron chi connectivity index (χ4n) is 1.72. The number of rotatable bonds is 5. The Hall–Kier alpha value is -0.350. The maximum absolute atomic E-state index is 12.2. The molecule has 0 N–H and O–H groups in total. The molecule has 0 aromatic heterocycles. The quantitative estimate of drug-likeness (QED) is 0.771. The van der Waals surface area contributed by atoms with Gasteiger partial charge in [0.15, 0.2) is 9.84 Å². The van der Waals surface area contributed by atoms with Crippen LogP contribution in [0.5, 0.6) is 0 Å². The molecule has 1 unspecified atom stereocenters. The summed E-state index contributed by atoms with van der Waals surface area (Å²) in [6.07, 6.45) is 0. The molecule has 0 amide bonds. The third kappa shape index (κ3) is 5.11. The highest BCUT2D eigenvalue weighted by Crippen LogP contribution is 2.29. The maximum atomic E-state index is 12.2. The number of benzene rings is 1.